The second kappa shape index (κ2) is 67.7. The first-order chi connectivity index (χ1) is 52.3. The van der Waals surface area contributed by atoms with Gasteiger partial charge in [0.1, 0.15) is 0 Å². The Bertz CT molecular complexity index is 1790. The summed E-state index contributed by atoms with van der Waals surface area (Å²) in [6, 6.07) is 0. The molecule has 109 heavy (non-hydrogen) atoms. The Morgan fingerprint density at radius 1 is 0.183 bits per heavy atom. The first kappa shape index (κ1) is 110. The van der Waals surface area contributed by atoms with Crippen molar-refractivity contribution in [1.82, 2.24) is 0 Å². The number of unbranched alkanes of at least 4 members (excludes halogenated alkanes) is 60. The Morgan fingerprint density at radius 2 is 0.303 bits per heavy atom. The van der Waals surface area contributed by atoms with Crippen molar-refractivity contribution >= 4 is 23.8 Å². The molecule has 0 aromatic heterocycles. The molecule has 0 aromatic carbocycles. The monoisotopic (exact) mass is 1610 g/mol. The second-order valence-corrected chi connectivity index (χ2v) is 44.6. The van der Waals surface area contributed by atoms with Gasteiger partial charge in [-0.1, -0.05) is 80.1 Å². The molecule has 4 unspecified atom stereocenters. The fourth-order valence-electron chi connectivity index (χ4n) is 21.6. The molecule has 0 aliphatic carbocycles. The Morgan fingerprint density at radius 3 is 0.422 bits per heavy atom. The van der Waals surface area contributed by atoms with E-state index in [4.69, 9.17) is 0 Å². The molecule has 0 rings (SSSR count). The zero-order chi connectivity index (χ0) is 81.4. The Balaban J connectivity index is 8.98. The molecule has 9 N–H and O–H groups in total. The van der Waals surface area contributed by atoms with E-state index < -0.39 is 61.5 Å². The van der Waals surface area contributed by atoms with Crippen molar-refractivity contribution in [2.45, 2.75) is 593 Å². The molecule has 0 spiro atoms. The third-order valence-electron chi connectivity index (χ3n) is 29.9. The molecular weight excluding hydrogens is 1400 g/mol. The Hall–Kier alpha value is 0.930. The standard InChI is InChI=1S/C97H205O9P3/c1-14-23-29-35-41-47-53-59-65-71-77-83-95(107(98,99)100,84-78-72-66-60-54-48-42-36-30-24-15-2)92(11,20-7)90(10)89-91(93(12,21-8)96(108(101,102)103,85-79-73-67-61-55-49-43-37-31-25-16-3)86-80-74-68-62-56-50-44-38-32-26-17-4)94(13,22-9)97(109(104,105)106,87-81-75-69-63-57-51-45-39-33-27-18-5)88-82-76-70-64-58-52-46-40-34-28-19-6/h90-91,98-109H,14-89H2,1-13H3. The molecule has 0 aliphatic heterocycles. The van der Waals surface area contributed by atoms with Crippen molar-refractivity contribution in [2.24, 2.45) is 28.1 Å². The molecule has 0 radical (unpaired) electrons. The fraction of sp³-hybridized carbons (Fsp3) is 1.00. The van der Waals surface area contributed by atoms with Crippen LogP contribution < -0.4 is 0 Å². The van der Waals surface area contributed by atoms with Gasteiger partial charge in [0.05, 0.1) is 0 Å². The van der Waals surface area contributed by atoms with Gasteiger partial charge in [0, 0.05) is 0 Å². The molecule has 0 aromatic rings. The number of rotatable bonds is 86. The summed E-state index contributed by atoms with van der Waals surface area (Å²) >= 11 is 0. The molecule has 9 nitrogen and oxygen atoms in total. The van der Waals surface area contributed by atoms with Gasteiger partial charge in [-0.3, -0.25) is 0 Å². The van der Waals surface area contributed by atoms with Gasteiger partial charge in [-0.2, -0.15) is 0 Å². The quantitative estimate of drug-likeness (QED) is 0.0211. The van der Waals surface area contributed by atoms with Gasteiger partial charge in [0.15, 0.2) is 0 Å². The third kappa shape index (κ3) is 43.1. The summed E-state index contributed by atoms with van der Waals surface area (Å²) in [6.45, 7) is 29.5. The van der Waals surface area contributed by atoms with Gasteiger partial charge in [-0.05, 0) is 0 Å². The number of hydrogen-bond acceptors (Lipinski definition) is 9. The topological polar surface area (TPSA) is 182 Å². The minimum atomic E-state index is -5.21. The van der Waals surface area contributed by atoms with Crippen LogP contribution in [0.15, 0.2) is 0 Å². The van der Waals surface area contributed by atoms with Crippen LogP contribution in [-0.2, 0) is 0 Å². The van der Waals surface area contributed by atoms with E-state index in [0.717, 1.165) is 154 Å². The van der Waals surface area contributed by atoms with Crippen LogP contribution in [0.5, 0.6) is 0 Å². The van der Waals surface area contributed by atoms with Gasteiger partial charge >= 0.3 is 609 Å². The molecule has 0 saturated carbocycles. The fourth-order valence-corrected chi connectivity index (χ4v) is 28.1. The molecule has 0 fully saturated rings. The molecule has 12 heteroatoms. The van der Waals surface area contributed by atoms with Crippen LogP contribution in [0.2, 0.25) is 0 Å². The molecule has 662 valence electrons. The van der Waals surface area contributed by atoms with Crippen LogP contribution in [0.25, 0.3) is 0 Å². The minimum absolute atomic E-state index is 0.291. The Kier molecular flexibility index (Phi) is 68.3. The summed E-state index contributed by atoms with van der Waals surface area (Å²) in [6.07, 6.45) is 81.6. The van der Waals surface area contributed by atoms with Crippen LogP contribution in [0.3, 0.4) is 0 Å². The molecule has 0 saturated heterocycles. The third-order valence-corrected chi connectivity index (χ3v) is 36.9. The maximum atomic E-state index is 13.3. The van der Waals surface area contributed by atoms with Gasteiger partial charge in [-0.25, -0.2) is 0 Å². The SMILES string of the molecule is CCCCCCCCCCCCCC(CCCCCCCCCCCCC)(C(C)(CC)C(C)CC(C(C)(CC)C(CCCCCCCCCCCCC)(CCCCCCCCCCCCC)[PH](O)(O)O)C(C)(CC)C(CCCCCCCCCCCCC)(CCCCCCCCCCCCC)[PH](O)(O)O)[PH](O)(O)O. The zero-order valence-electron chi connectivity index (χ0n) is 76.4. The van der Waals surface area contributed by atoms with Gasteiger partial charge in [-0.15, -0.1) is 0 Å². The summed E-state index contributed by atoms with van der Waals surface area (Å²) in [4.78, 5) is 118. The summed E-state index contributed by atoms with van der Waals surface area (Å²) < 4.78 is 0. The van der Waals surface area contributed by atoms with Crippen molar-refractivity contribution in [3.8, 4) is 0 Å². The van der Waals surface area contributed by atoms with E-state index in [9.17, 15) is 44.0 Å². The van der Waals surface area contributed by atoms with Crippen LogP contribution in [0, 0.1) is 28.1 Å². The van der Waals surface area contributed by atoms with Crippen molar-refractivity contribution in [1.29, 1.82) is 0 Å². The molecule has 0 bridgehead atoms. The summed E-state index contributed by atoms with van der Waals surface area (Å²) in [5, 5.41) is -3.89. The van der Waals surface area contributed by atoms with Crippen LogP contribution in [0.1, 0.15) is 578 Å². The van der Waals surface area contributed by atoms with Gasteiger partial charge in [0.2, 0.25) is 0 Å². The average Bonchev–Trinajstić information content (AvgIpc) is 0.697. The second-order valence-electron chi connectivity index (χ2n) is 37.9. The van der Waals surface area contributed by atoms with Gasteiger partial charge in [0.25, 0.3) is 0 Å². The van der Waals surface area contributed by atoms with Crippen LogP contribution >= 0.6 is 23.8 Å². The number of hydrogen-bond donors (Lipinski definition) is 9. The summed E-state index contributed by atoms with van der Waals surface area (Å²) in [5.74, 6) is -0.803. The van der Waals surface area contributed by atoms with E-state index in [1.807, 2.05) is 0 Å². The molecule has 0 aliphatic rings. The van der Waals surface area contributed by atoms with Crippen molar-refractivity contribution in [3.63, 3.8) is 0 Å². The van der Waals surface area contributed by atoms with E-state index in [0.29, 0.717) is 64.2 Å². The van der Waals surface area contributed by atoms with E-state index in [1.165, 1.54) is 270 Å². The summed E-state index contributed by atoms with van der Waals surface area (Å²) in [5.41, 5.74) is -2.89. The molecular formula is C97H205O9P3. The molecule has 0 heterocycles. The predicted molar refractivity (Wildman–Crippen MR) is 492 cm³/mol. The predicted octanol–water partition coefficient (Wildman–Crippen LogP) is 32.7. The first-order valence-electron chi connectivity index (χ1n) is 49.8. The van der Waals surface area contributed by atoms with E-state index in [2.05, 4.69) is 90.0 Å². The van der Waals surface area contributed by atoms with E-state index in [-0.39, 0.29) is 5.92 Å². The molecule has 0 amide bonds. The van der Waals surface area contributed by atoms with E-state index >= 15 is 0 Å². The van der Waals surface area contributed by atoms with Crippen LogP contribution in [0.4, 0.5) is 0 Å². The van der Waals surface area contributed by atoms with Crippen molar-refractivity contribution in [3.05, 3.63) is 0 Å². The van der Waals surface area contributed by atoms with Crippen molar-refractivity contribution in [2.75, 3.05) is 0 Å². The van der Waals surface area contributed by atoms with Crippen LogP contribution in [-0.4, -0.2) is 59.5 Å². The first-order valence-corrected chi connectivity index (χ1v) is 55.3. The molecule has 4 atom stereocenters. The van der Waals surface area contributed by atoms with Crippen molar-refractivity contribution < 1.29 is 44.0 Å². The van der Waals surface area contributed by atoms with Gasteiger partial charge < -0.3 is 0 Å². The average molecular weight is 1610 g/mol. The van der Waals surface area contributed by atoms with E-state index in [1.54, 1.807) is 0 Å². The zero-order valence-corrected chi connectivity index (χ0v) is 79.4. The normalized spacial score (nSPS) is 15.7. The summed E-state index contributed by atoms with van der Waals surface area (Å²) in [7, 11) is -15.5. The Labute approximate surface area is 685 Å². The maximum absolute atomic E-state index is 13.3.